The first kappa shape index (κ1) is 14.3. The monoisotopic (exact) mass is 268 g/mol. The zero-order chi connectivity index (χ0) is 13.8. The van der Waals surface area contributed by atoms with Crippen LogP contribution in [-0.4, -0.2) is 59.0 Å². The van der Waals surface area contributed by atoms with Crippen LogP contribution in [0.5, 0.6) is 0 Å². The Bertz CT molecular complexity index is 338. The molecule has 0 saturated carbocycles. The van der Waals surface area contributed by atoms with Crippen LogP contribution in [0.2, 0.25) is 0 Å². The van der Waals surface area contributed by atoms with E-state index in [1.807, 2.05) is 0 Å². The lowest BCUT2D eigenvalue weighted by Crippen LogP contribution is -2.42. The highest BCUT2D eigenvalue weighted by atomic mass is 16.4. The fourth-order valence-corrected chi connectivity index (χ4v) is 3.00. The van der Waals surface area contributed by atoms with E-state index in [1.165, 1.54) is 12.8 Å². The summed E-state index contributed by atoms with van der Waals surface area (Å²) in [6.07, 6.45) is 4.27. The molecule has 1 amide bonds. The molecule has 0 bridgehead atoms. The molecule has 1 N–H and O–H groups in total. The van der Waals surface area contributed by atoms with Gasteiger partial charge >= 0.3 is 5.97 Å². The highest BCUT2D eigenvalue weighted by Crippen LogP contribution is 2.20. The molecule has 2 heterocycles. The van der Waals surface area contributed by atoms with E-state index < -0.39 is 12.0 Å². The van der Waals surface area contributed by atoms with Crippen molar-refractivity contribution in [1.82, 2.24) is 9.80 Å². The SMILES string of the molecule is CC1CCN(CCC(=O)N2CCCC2C(=O)O)CC1. The maximum Gasteiger partial charge on any atom is 0.326 e. The van der Waals surface area contributed by atoms with Gasteiger partial charge in [0.15, 0.2) is 0 Å². The van der Waals surface area contributed by atoms with E-state index in [0.29, 0.717) is 19.4 Å². The van der Waals surface area contributed by atoms with Gasteiger partial charge in [-0.3, -0.25) is 4.79 Å². The Morgan fingerprint density at radius 3 is 2.47 bits per heavy atom. The van der Waals surface area contributed by atoms with Crippen molar-refractivity contribution in [3.05, 3.63) is 0 Å². The van der Waals surface area contributed by atoms with Crippen LogP contribution in [0.4, 0.5) is 0 Å². The first-order valence-electron chi connectivity index (χ1n) is 7.32. The van der Waals surface area contributed by atoms with Gasteiger partial charge in [-0.15, -0.1) is 0 Å². The van der Waals surface area contributed by atoms with E-state index in [0.717, 1.165) is 32.0 Å². The predicted octanol–water partition coefficient (Wildman–Crippen LogP) is 1.18. The molecule has 2 aliphatic rings. The molecule has 2 fully saturated rings. The van der Waals surface area contributed by atoms with Crippen molar-refractivity contribution in [3.63, 3.8) is 0 Å². The summed E-state index contributed by atoms with van der Waals surface area (Å²) in [5.41, 5.74) is 0. The third-order valence-electron chi connectivity index (χ3n) is 4.38. The lowest BCUT2D eigenvalue weighted by Gasteiger charge is -2.30. The normalized spacial score (nSPS) is 25.7. The zero-order valence-electron chi connectivity index (χ0n) is 11.7. The number of amides is 1. The van der Waals surface area contributed by atoms with Gasteiger partial charge < -0.3 is 14.9 Å². The molecule has 0 radical (unpaired) electrons. The minimum absolute atomic E-state index is 0.00326. The Labute approximate surface area is 114 Å². The fourth-order valence-electron chi connectivity index (χ4n) is 3.00. The standard InChI is InChI=1S/C14H24N2O3/c1-11-4-8-15(9-5-11)10-6-13(17)16-7-2-3-12(16)14(18)19/h11-12H,2-10H2,1H3,(H,18,19). The van der Waals surface area contributed by atoms with Crippen LogP contribution in [0, 0.1) is 5.92 Å². The second-order valence-electron chi connectivity index (χ2n) is 5.86. The van der Waals surface area contributed by atoms with E-state index in [9.17, 15) is 9.59 Å². The molecule has 5 nitrogen and oxygen atoms in total. The largest absolute Gasteiger partial charge is 0.480 e. The number of carboxylic acid groups (broad SMARTS) is 1. The summed E-state index contributed by atoms with van der Waals surface area (Å²) >= 11 is 0. The van der Waals surface area contributed by atoms with Crippen LogP contribution in [0.25, 0.3) is 0 Å². The Morgan fingerprint density at radius 2 is 1.84 bits per heavy atom. The third-order valence-corrected chi connectivity index (χ3v) is 4.38. The maximum atomic E-state index is 12.1. The Morgan fingerprint density at radius 1 is 1.16 bits per heavy atom. The number of carbonyl (C=O) groups excluding carboxylic acids is 1. The first-order chi connectivity index (χ1) is 9.08. The van der Waals surface area contributed by atoms with Crippen LogP contribution >= 0.6 is 0 Å². The average Bonchev–Trinajstić information content (AvgIpc) is 2.87. The average molecular weight is 268 g/mol. The fraction of sp³-hybridized carbons (Fsp3) is 0.857. The number of likely N-dealkylation sites (tertiary alicyclic amines) is 2. The van der Waals surface area contributed by atoms with Crippen LogP contribution in [0.3, 0.4) is 0 Å². The number of aliphatic carboxylic acids is 1. The molecule has 2 aliphatic heterocycles. The van der Waals surface area contributed by atoms with E-state index >= 15 is 0 Å². The first-order valence-corrected chi connectivity index (χ1v) is 7.32. The molecule has 0 aliphatic carbocycles. The lowest BCUT2D eigenvalue weighted by atomic mass is 9.99. The topological polar surface area (TPSA) is 60.9 Å². The zero-order valence-corrected chi connectivity index (χ0v) is 11.7. The minimum Gasteiger partial charge on any atom is -0.480 e. The van der Waals surface area contributed by atoms with Crippen molar-refractivity contribution >= 4 is 11.9 Å². The Hall–Kier alpha value is -1.10. The summed E-state index contributed by atoms with van der Waals surface area (Å²) in [7, 11) is 0. The van der Waals surface area contributed by atoms with Crippen molar-refractivity contribution in [1.29, 1.82) is 0 Å². The number of piperidine rings is 1. The minimum atomic E-state index is -0.863. The second kappa shape index (κ2) is 6.37. The van der Waals surface area contributed by atoms with E-state index in [-0.39, 0.29) is 5.91 Å². The van der Waals surface area contributed by atoms with Crippen molar-refractivity contribution in [3.8, 4) is 0 Å². The smallest absolute Gasteiger partial charge is 0.326 e. The van der Waals surface area contributed by atoms with Crippen LogP contribution < -0.4 is 0 Å². The molecule has 0 aromatic heterocycles. The molecule has 0 spiro atoms. The molecule has 0 aromatic rings. The van der Waals surface area contributed by atoms with Crippen molar-refractivity contribution in [2.45, 2.75) is 45.1 Å². The second-order valence-corrected chi connectivity index (χ2v) is 5.86. The predicted molar refractivity (Wildman–Crippen MR) is 71.8 cm³/mol. The summed E-state index contributed by atoms with van der Waals surface area (Å²) in [5, 5.41) is 9.07. The molecule has 2 rings (SSSR count). The van der Waals surface area contributed by atoms with Gasteiger partial charge in [0.05, 0.1) is 0 Å². The summed E-state index contributed by atoms with van der Waals surface area (Å²) in [4.78, 5) is 27.0. The number of carboxylic acids is 1. The molecule has 1 atom stereocenters. The van der Waals surface area contributed by atoms with E-state index in [1.54, 1.807) is 4.90 Å². The Kier molecular flexibility index (Phi) is 4.80. The molecule has 0 aromatic carbocycles. The number of hydrogen-bond donors (Lipinski definition) is 1. The molecule has 5 heteroatoms. The van der Waals surface area contributed by atoms with E-state index in [2.05, 4.69) is 11.8 Å². The number of hydrogen-bond acceptors (Lipinski definition) is 3. The lowest BCUT2D eigenvalue weighted by molar-refractivity contribution is -0.148. The molecule has 2 saturated heterocycles. The van der Waals surface area contributed by atoms with Crippen LogP contribution in [-0.2, 0) is 9.59 Å². The van der Waals surface area contributed by atoms with Gasteiger partial charge in [-0.05, 0) is 44.7 Å². The summed E-state index contributed by atoms with van der Waals surface area (Å²) in [6.45, 7) is 5.78. The van der Waals surface area contributed by atoms with Gasteiger partial charge in [0, 0.05) is 19.5 Å². The van der Waals surface area contributed by atoms with Gasteiger partial charge in [0.25, 0.3) is 0 Å². The van der Waals surface area contributed by atoms with Crippen LogP contribution in [0.15, 0.2) is 0 Å². The quantitative estimate of drug-likeness (QED) is 0.832. The van der Waals surface area contributed by atoms with Gasteiger partial charge in [-0.2, -0.15) is 0 Å². The highest BCUT2D eigenvalue weighted by Gasteiger charge is 2.33. The number of rotatable bonds is 4. The molecular weight excluding hydrogens is 244 g/mol. The summed E-state index contributed by atoms with van der Waals surface area (Å²) < 4.78 is 0. The van der Waals surface area contributed by atoms with Crippen molar-refractivity contribution in [2.75, 3.05) is 26.2 Å². The molecule has 108 valence electrons. The molecule has 19 heavy (non-hydrogen) atoms. The number of carbonyl (C=O) groups is 2. The highest BCUT2D eigenvalue weighted by molar-refractivity contribution is 5.84. The van der Waals surface area contributed by atoms with Gasteiger partial charge in [0.1, 0.15) is 6.04 Å². The van der Waals surface area contributed by atoms with Crippen molar-refractivity contribution < 1.29 is 14.7 Å². The van der Waals surface area contributed by atoms with E-state index in [4.69, 9.17) is 5.11 Å². The van der Waals surface area contributed by atoms with Crippen LogP contribution in [0.1, 0.15) is 39.0 Å². The summed E-state index contributed by atoms with van der Waals surface area (Å²) in [6, 6.07) is -0.589. The Balaban J connectivity index is 1.76. The molecular formula is C14H24N2O3. The number of nitrogens with zero attached hydrogens (tertiary/aromatic N) is 2. The van der Waals surface area contributed by atoms with Gasteiger partial charge in [-0.25, -0.2) is 4.79 Å². The van der Waals surface area contributed by atoms with Gasteiger partial charge in [0.2, 0.25) is 5.91 Å². The summed E-state index contributed by atoms with van der Waals surface area (Å²) in [5.74, 6) is -0.0666. The maximum absolute atomic E-state index is 12.1. The molecule has 1 unspecified atom stereocenters. The van der Waals surface area contributed by atoms with Crippen molar-refractivity contribution in [2.24, 2.45) is 5.92 Å². The third kappa shape index (κ3) is 3.69. The van der Waals surface area contributed by atoms with Gasteiger partial charge in [-0.1, -0.05) is 6.92 Å².